The number of hydrogen-bond donors (Lipinski definition) is 0. The molecule has 0 spiro atoms. The fourth-order valence-corrected chi connectivity index (χ4v) is 10.4. The molecule has 11 aromatic rings. The Labute approximate surface area is 327 Å². The molecule has 0 amide bonds. The Kier molecular flexibility index (Phi) is 7.61. The summed E-state index contributed by atoms with van der Waals surface area (Å²) in [5, 5.41) is 7.71. The van der Waals surface area contributed by atoms with Gasteiger partial charge in [0, 0.05) is 57.3 Å². The molecule has 0 N–H and O–H groups in total. The van der Waals surface area contributed by atoms with Gasteiger partial charge in [0.05, 0.1) is 5.69 Å². The van der Waals surface area contributed by atoms with Crippen LogP contribution in [-0.2, 0) is 0 Å². The summed E-state index contributed by atoms with van der Waals surface area (Å²) in [4.78, 5) is 2.47. The van der Waals surface area contributed by atoms with Crippen molar-refractivity contribution in [1.82, 2.24) is 0 Å². The number of rotatable bonds is 6. The van der Waals surface area contributed by atoms with E-state index in [1.807, 2.05) is 22.7 Å². The highest BCUT2D eigenvalue weighted by Gasteiger charge is 2.21. The Balaban J connectivity index is 1.14. The number of anilines is 3. The third-order valence-electron chi connectivity index (χ3n) is 10.8. The van der Waals surface area contributed by atoms with Crippen molar-refractivity contribution in [2.75, 3.05) is 4.90 Å². The van der Waals surface area contributed by atoms with Crippen molar-refractivity contribution in [3.8, 4) is 33.4 Å². The van der Waals surface area contributed by atoms with Crippen LogP contribution in [0, 0.1) is 0 Å². The summed E-state index contributed by atoms with van der Waals surface area (Å²) >= 11 is 3.73. The zero-order valence-corrected chi connectivity index (χ0v) is 31.4. The number of nitrogens with zero attached hydrogens (tertiary/aromatic N) is 1. The van der Waals surface area contributed by atoms with Crippen LogP contribution in [0.15, 0.2) is 200 Å². The zero-order chi connectivity index (χ0) is 36.3. The van der Waals surface area contributed by atoms with Crippen molar-refractivity contribution in [2.24, 2.45) is 0 Å². The van der Waals surface area contributed by atoms with Gasteiger partial charge in [-0.1, -0.05) is 140 Å². The second-order valence-corrected chi connectivity index (χ2v) is 16.3. The van der Waals surface area contributed by atoms with Gasteiger partial charge < -0.3 is 4.90 Å². The summed E-state index contributed by atoms with van der Waals surface area (Å²) < 4.78 is 5.23. The Morgan fingerprint density at radius 2 is 0.873 bits per heavy atom. The molecule has 11 rings (SSSR count). The number of fused-ring (bicyclic) bond motifs is 7. The maximum Gasteiger partial charge on any atom is 0.0546 e. The molecule has 2 aromatic heterocycles. The van der Waals surface area contributed by atoms with Crippen molar-refractivity contribution in [2.45, 2.75) is 0 Å². The van der Waals surface area contributed by atoms with Gasteiger partial charge in [-0.15, -0.1) is 22.7 Å². The highest BCUT2D eigenvalue weighted by atomic mass is 32.1. The van der Waals surface area contributed by atoms with E-state index in [9.17, 15) is 0 Å². The molecule has 0 aliphatic heterocycles. The first-order chi connectivity index (χ1) is 27.2. The largest absolute Gasteiger partial charge is 0.310 e. The molecule has 258 valence electrons. The molecular formula is C52H33NS2. The van der Waals surface area contributed by atoms with E-state index < -0.39 is 0 Å². The lowest BCUT2D eigenvalue weighted by Gasteiger charge is -2.29. The smallest absolute Gasteiger partial charge is 0.0546 e. The Morgan fingerprint density at radius 1 is 0.291 bits per heavy atom. The molecule has 55 heavy (non-hydrogen) atoms. The summed E-state index contributed by atoms with van der Waals surface area (Å²) in [5.41, 5.74) is 10.5. The van der Waals surface area contributed by atoms with Gasteiger partial charge in [0.2, 0.25) is 0 Å². The molecule has 0 aliphatic carbocycles. The summed E-state index contributed by atoms with van der Waals surface area (Å²) in [7, 11) is 0. The van der Waals surface area contributed by atoms with Crippen LogP contribution >= 0.6 is 22.7 Å². The summed E-state index contributed by atoms with van der Waals surface area (Å²) in [6, 6.07) is 73.7. The van der Waals surface area contributed by atoms with E-state index in [-0.39, 0.29) is 0 Å². The van der Waals surface area contributed by atoms with Gasteiger partial charge in [0.1, 0.15) is 0 Å². The molecule has 9 aromatic carbocycles. The summed E-state index contributed by atoms with van der Waals surface area (Å²) in [5.74, 6) is 0. The molecule has 0 radical (unpaired) electrons. The van der Waals surface area contributed by atoms with Gasteiger partial charge >= 0.3 is 0 Å². The SMILES string of the molecule is c1ccc(-c2ccc(-c3ccc4ccccc4c3)cc2N(c2cccc(-c3ccc4sc5ccccc5c4c3)c2)c2ccc3c(c2)sc2ccccc23)cc1. The monoisotopic (exact) mass is 735 g/mol. The maximum atomic E-state index is 2.47. The fraction of sp³-hybridized carbons (Fsp3) is 0. The van der Waals surface area contributed by atoms with Crippen molar-refractivity contribution in [1.29, 1.82) is 0 Å². The minimum absolute atomic E-state index is 1.11. The van der Waals surface area contributed by atoms with Crippen LogP contribution in [0.3, 0.4) is 0 Å². The van der Waals surface area contributed by atoms with Crippen LogP contribution in [0.25, 0.3) is 84.5 Å². The quantitative estimate of drug-likeness (QED) is 0.164. The molecule has 0 saturated carbocycles. The number of thiophene rings is 2. The average Bonchev–Trinajstić information content (AvgIpc) is 3.82. The first kappa shape index (κ1) is 32.0. The van der Waals surface area contributed by atoms with Crippen LogP contribution in [0.5, 0.6) is 0 Å². The van der Waals surface area contributed by atoms with Gasteiger partial charge in [0.15, 0.2) is 0 Å². The molecule has 0 atom stereocenters. The highest BCUT2D eigenvalue weighted by Crippen LogP contribution is 2.46. The molecule has 0 aliphatic rings. The van der Waals surface area contributed by atoms with Crippen molar-refractivity contribution in [3.63, 3.8) is 0 Å². The Hall–Kier alpha value is -6.52. The van der Waals surface area contributed by atoms with E-state index in [1.165, 1.54) is 84.5 Å². The van der Waals surface area contributed by atoms with Gasteiger partial charge in [-0.25, -0.2) is 0 Å². The number of hydrogen-bond acceptors (Lipinski definition) is 3. The lowest BCUT2D eigenvalue weighted by atomic mass is 9.95. The topological polar surface area (TPSA) is 3.24 Å². The molecule has 0 saturated heterocycles. The minimum atomic E-state index is 1.11. The molecule has 3 heteroatoms. The predicted molar refractivity (Wildman–Crippen MR) is 241 cm³/mol. The van der Waals surface area contributed by atoms with Gasteiger partial charge in [-0.05, 0) is 99.3 Å². The first-order valence-electron chi connectivity index (χ1n) is 18.7. The Bertz CT molecular complexity index is 3220. The molecule has 0 bridgehead atoms. The third kappa shape index (κ3) is 5.60. The summed E-state index contributed by atoms with van der Waals surface area (Å²) in [6.45, 7) is 0. The first-order valence-corrected chi connectivity index (χ1v) is 20.3. The van der Waals surface area contributed by atoms with Crippen LogP contribution < -0.4 is 4.90 Å². The van der Waals surface area contributed by atoms with Gasteiger partial charge in [-0.2, -0.15) is 0 Å². The maximum absolute atomic E-state index is 2.47. The fourth-order valence-electron chi connectivity index (χ4n) is 8.14. The molecule has 0 unspecified atom stereocenters. The summed E-state index contributed by atoms with van der Waals surface area (Å²) in [6.07, 6.45) is 0. The van der Waals surface area contributed by atoms with Crippen LogP contribution in [-0.4, -0.2) is 0 Å². The van der Waals surface area contributed by atoms with Crippen LogP contribution in [0.2, 0.25) is 0 Å². The van der Waals surface area contributed by atoms with Gasteiger partial charge in [-0.3, -0.25) is 0 Å². The van der Waals surface area contributed by atoms with E-state index in [0.29, 0.717) is 0 Å². The predicted octanol–water partition coefficient (Wildman–Crippen LogP) is 16.0. The van der Waals surface area contributed by atoms with Crippen molar-refractivity contribution in [3.05, 3.63) is 200 Å². The Morgan fingerprint density at radius 3 is 1.73 bits per heavy atom. The highest BCUT2D eigenvalue weighted by molar-refractivity contribution is 7.26. The molecule has 1 nitrogen and oxygen atoms in total. The normalized spacial score (nSPS) is 11.6. The zero-order valence-electron chi connectivity index (χ0n) is 29.8. The van der Waals surface area contributed by atoms with Crippen LogP contribution in [0.1, 0.15) is 0 Å². The standard InChI is InChI=1S/C52H33NS2/c1-2-12-35(13-3-1)43-26-23-40(38-22-21-34-11-4-5-14-36(34)29-38)32-48(43)53(42-25-27-46-44-17-6-8-19-49(44)55-52(46)33-42)41-16-10-15-37(30-41)39-24-28-51-47(31-39)45-18-7-9-20-50(45)54-51/h1-33H. The van der Waals surface area contributed by atoms with Crippen LogP contribution in [0.4, 0.5) is 17.1 Å². The van der Waals surface area contributed by atoms with E-state index in [0.717, 1.165) is 17.1 Å². The van der Waals surface area contributed by atoms with Crippen molar-refractivity contribution >= 4 is 90.9 Å². The van der Waals surface area contributed by atoms with E-state index in [1.54, 1.807) is 0 Å². The third-order valence-corrected chi connectivity index (χ3v) is 13.1. The number of benzene rings is 9. The molecule has 0 fully saturated rings. The van der Waals surface area contributed by atoms with Gasteiger partial charge in [0.25, 0.3) is 0 Å². The van der Waals surface area contributed by atoms with E-state index in [2.05, 4.69) is 205 Å². The lowest BCUT2D eigenvalue weighted by Crippen LogP contribution is -2.11. The van der Waals surface area contributed by atoms with Crippen molar-refractivity contribution < 1.29 is 0 Å². The average molecular weight is 736 g/mol. The van der Waals surface area contributed by atoms with E-state index >= 15 is 0 Å². The van der Waals surface area contributed by atoms with E-state index in [4.69, 9.17) is 0 Å². The second kappa shape index (κ2) is 13.1. The lowest BCUT2D eigenvalue weighted by molar-refractivity contribution is 1.29. The molecular weight excluding hydrogens is 703 g/mol. The second-order valence-electron chi connectivity index (χ2n) is 14.1. The minimum Gasteiger partial charge on any atom is -0.310 e. The molecule has 2 heterocycles.